The molecule has 2 aromatic rings. The van der Waals surface area contributed by atoms with Crippen LogP contribution in [0.5, 0.6) is 5.88 Å². The predicted molar refractivity (Wildman–Crippen MR) is 64.9 cm³/mol. The van der Waals surface area contributed by atoms with Crippen molar-refractivity contribution in [3.8, 4) is 5.88 Å². The number of carbonyl (C=O) groups is 1. The molecule has 2 rings (SSSR count). The molecule has 0 radical (unpaired) electrons. The first-order chi connectivity index (χ1) is 8.09. The van der Waals surface area contributed by atoms with Crippen molar-refractivity contribution in [2.75, 3.05) is 0 Å². The van der Waals surface area contributed by atoms with E-state index in [0.29, 0.717) is 0 Å². The fourth-order valence-electron chi connectivity index (χ4n) is 1.74. The van der Waals surface area contributed by atoms with Gasteiger partial charge in [-0.2, -0.15) is 5.10 Å². The van der Waals surface area contributed by atoms with E-state index >= 15 is 0 Å². The summed E-state index contributed by atoms with van der Waals surface area (Å²) in [5, 5.41) is 9.91. The number of esters is 1. The van der Waals surface area contributed by atoms with E-state index < -0.39 is 0 Å². The van der Waals surface area contributed by atoms with Gasteiger partial charge in [-0.05, 0) is 12.0 Å². The molecular formula is C13H14N2O2. The molecule has 0 spiro atoms. The van der Waals surface area contributed by atoms with Gasteiger partial charge >= 0.3 is 5.97 Å². The number of benzene rings is 1. The van der Waals surface area contributed by atoms with E-state index in [1.54, 1.807) is 0 Å². The van der Waals surface area contributed by atoms with Crippen molar-refractivity contribution >= 4 is 16.7 Å². The number of aromatic nitrogens is 2. The summed E-state index contributed by atoms with van der Waals surface area (Å²) in [4.78, 5) is 11.0. The van der Waals surface area contributed by atoms with Crippen LogP contribution in [0.25, 0.3) is 10.8 Å². The second kappa shape index (κ2) is 4.49. The highest BCUT2D eigenvalue weighted by Crippen LogP contribution is 2.28. The summed E-state index contributed by atoms with van der Waals surface area (Å²) < 4.78 is 5.05. The van der Waals surface area contributed by atoms with Gasteiger partial charge in [-0.1, -0.05) is 32.0 Å². The molecule has 1 aromatic carbocycles. The molecule has 0 saturated heterocycles. The van der Waals surface area contributed by atoms with E-state index in [4.69, 9.17) is 4.74 Å². The molecule has 0 saturated carbocycles. The van der Waals surface area contributed by atoms with Crippen LogP contribution in [0.1, 0.15) is 32.4 Å². The van der Waals surface area contributed by atoms with E-state index in [2.05, 4.69) is 24.0 Å². The standard InChI is InChI=1S/C13H14N2O2/c1-8(2)12-10-6-4-5-7-11(10)13(15-14-12)17-9(3)16/h4-8H,1-3H3. The number of fused-ring (bicyclic) bond motifs is 1. The van der Waals surface area contributed by atoms with Crippen LogP contribution < -0.4 is 4.74 Å². The third-order valence-corrected chi connectivity index (χ3v) is 2.47. The van der Waals surface area contributed by atoms with Crippen molar-refractivity contribution in [2.45, 2.75) is 26.7 Å². The molecule has 88 valence electrons. The monoisotopic (exact) mass is 230 g/mol. The average molecular weight is 230 g/mol. The highest BCUT2D eigenvalue weighted by molar-refractivity contribution is 5.90. The Bertz CT molecular complexity index is 564. The van der Waals surface area contributed by atoms with Gasteiger partial charge in [0.05, 0.1) is 5.69 Å². The van der Waals surface area contributed by atoms with Gasteiger partial charge in [0.25, 0.3) is 0 Å². The molecule has 4 nitrogen and oxygen atoms in total. The Kier molecular flexibility index (Phi) is 3.04. The Morgan fingerprint density at radius 3 is 2.41 bits per heavy atom. The maximum atomic E-state index is 11.0. The molecule has 0 amide bonds. The molecule has 1 heterocycles. The quantitative estimate of drug-likeness (QED) is 0.744. The first kappa shape index (κ1) is 11.5. The molecule has 17 heavy (non-hydrogen) atoms. The smallest absolute Gasteiger partial charge is 0.309 e. The van der Waals surface area contributed by atoms with Crippen LogP contribution in [-0.2, 0) is 4.79 Å². The first-order valence-corrected chi connectivity index (χ1v) is 5.53. The lowest BCUT2D eigenvalue weighted by atomic mass is 10.0. The molecule has 4 heteroatoms. The average Bonchev–Trinajstić information content (AvgIpc) is 2.28. The minimum Gasteiger partial charge on any atom is -0.405 e. The van der Waals surface area contributed by atoms with E-state index in [0.717, 1.165) is 16.5 Å². The highest BCUT2D eigenvalue weighted by atomic mass is 16.5. The number of carbonyl (C=O) groups excluding carboxylic acids is 1. The summed E-state index contributed by atoms with van der Waals surface area (Å²) in [6.07, 6.45) is 0. The molecule has 0 aliphatic carbocycles. The largest absolute Gasteiger partial charge is 0.405 e. The molecule has 1 aromatic heterocycles. The van der Waals surface area contributed by atoms with Gasteiger partial charge < -0.3 is 4.74 Å². The van der Waals surface area contributed by atoms with Crippen LogP contribution in [0.3, 0.4) is 0 Å². The zero-order valence-electron chi connectivity index (χ0n) is 10.1. The number of hydrogen-bond donors (Lipinski definition) is 0. The van der Waals surface area contributed by atoms with E-state index in [1.165, 1.54) is 6.92 Å². The second-order valence-corrected chi connectivity index (χ2v) is 4.18. The molecule has 0 aliphatic heterocycles. The zero-order chi connectivity index (χ0) is 12.4. The maximum Gasteiger partial charge on any atom is 0.309 e. The van der Waals surface area contributed by atoms with Gasteiger partial charge in [0, 0.05) is 17.7 Å². The fraction of sp³-hybridized carbons (Fsp3) is 0.308. The lowest BCUT2D eigenvalue weighted by Crippen LogP contribution is -2.06. The molecule has 0 fully saturated rings. The number of hydrogen-bond acceptors (Lipinski definition) is 4. The summed E-state index contributed by atoms with van der Waals surface area (Å²) in [6.45, 7) is 5.47. The van der Waals surface area contributed by atoms with Crippen LogP contribution >= 0.6 is 0 Å². The lowest BCUT2D eigenvalue weighted by Gasteiger charge is -2.10. The van der Waals surface area contributed by atoms with E-state index in [-0.39, 0.29) is 17.8 Å². The maximum absolute atomic E-state index is 11.0. The number of ether oxygens (including phenoxy) is 1. The topological polar surface area (TPSA) is 52.1 Å². The third-order valence-electron chi connectivity index (χ3n) is 2.47. The molecule has 0 unspecified atom stereocenters. The summed E-state index contributed by atoms with van der Waals surface area (Å²) >= 11 is 0. The number of rotatable bonds is 2. The van der Waals surface area contributed by atoms with Gasteiger partial charge in [0.2, 0.25) is 5.88 Å². The van der Waals surface area contributed by atoms with Crippen LogP contribution in [0.4, 0.5) is 0 Å². The van der Waals surface area contributed by atoms with Crippen LogP contribution in [0.15, 0.2) is 24.3 Å². The Balaban J connectivity index is 2.66. The Morgan fingerprint density at radius 2 is 1.82 bits per heavy atom. The zero-order valence-corrected chi connectivity index (χ0v) is 10.1. The summed E-state index contributed by atoms with van der Waals surface area (Å²) in [7, 11) is 0. The van der Waals surface area contributed by atoms with Crippen molar-refractivity contribution < 1.29 is 9.53 Å². The normalized spacial score (nSPS) is 10.8. The summed E-state index contributed by atoms with van der Waals surface area (Å²) in [5.41, 5.74) is 0.913. The summed E-state index contributed by atoms with van der Waals surface area (Å²) in [6, 6.07) is 7.68. The lowest BCUT2D eigenvalue weighted by molar-refractivity contribution is -0.132. The molecule has 0 aliphatic rings. The van der Waals surface area contributed by atoms with Crippen molar-refractivity contribution in [1.82, 2.24) is 10.2 Å². The van der Waals surface area contributed by atoms with E-state index in [1.807, 2.05) is 24.3 Å². The van der Waals surface area contributed by atoms with Crippen molar-refractivity contribution in [3.05, 3.63) is 30.0 Å². The first-order valence-electron chi connectivity index (χ1n) is 5.53. The fourth-order valence-corrected chi connectivity index (χ4v) is 1.74. The predicted octanol–water partition coefficient (Wildman–Crippen LogP) is 2.68. The molecular weight excluding hydrogens is 216 g/mol. The van der Waals surface area contributed by atoms with Gasteiger partial charge in [-0.3, -0.25) is 4.79 Å². The van der Waals surface area contributed by atoms with Gasteiger partial charge in [-0.25, -0.2) is 0 Å². The minimum absolute atomic E-state index is 0.275. The third kappa shape index (κ3) is 2.25. The Hall–Kier alpha value is -1.97. The van der Waals surface area contributed by atoms with Crippen molar-refractivity contribution in [3.63, 3.8) is 0 Å². The Morgan fingerprint density at radius 1 is 1.18 bits per heavy atom. The number of nitrogens with zero attached hydrogens (tertiary/aromatic N) is 2. The van der Waals surface area contributed by atoms with Crippen LogP contribution in [0.2, 0.25) is 0 Å². The molecule has 0 N–H and O–H groups in total. The second-order valence-electron chi connectivity index (χ2n) is 4.18. The van der Waals surface area contributed by atoms with Crippen molar-refractivity contribution in [2.24, 2.45) is 0 Å². The summed E-state index contributed by atoms with van der Waals surface area (Å²) in [5.74, 6) is 0.165. The van der Waals surface area contributed by atoms with Gasteiger partial charge in [-0.15, -0.1) is 5.10 Å². The SMILES string of the molecule is CC(=O)Oc1nnc(C(C)C)c2ccccc12. The van der Waals surface area contributed by atoms with E-state index in [9.17, 15) is 4.79 Å². The van der Waals surface area contributed by atoms with Gasteiger partial charge in [0.1, 0.15) is 0 Å². The van der Waals surface area contributed by atoms with Gasteiger partial charge in [0.15, 0.2) is 0 Å². The molecule has 0 bridgehead atoms. The van der Waals surface area contributed by atoms with Crippen LogP contribution in [-0.4, -0.2) is 16.2 Å². The van der Waals surface area contributed by atoms with Crippen molar-refractivity contribution in [1.29, 1.82) is 0 Å². The molecule has 0 atom stereocenters. The Labute approximate surface area is 99.6 Å². The van der Waals surface area contributed by atoms with Crippen LogP contribution in [0, 0.1) is 0 Å². The minimum atomic E-state index is -0.387. The highest BCUT2D eigenvalue weighted by Gasteiger charge is 2.13.